The Morgan fingerprint density at radius 3 is 2.05 bits per heavy atom. The molecule has 22 heavy (non-hydrogen) atoms. The number of benzene rings is 1. The second-order valence-electron chi connectivity index (χ2n) is 5.49. The van der Waals surface area contributed by atoms with Crippen LogP contribution in [-0.2, 0) is 37.8 Å². The SMILES string of the molecule is CCOC(=O)C1(NC(C)=O)Cc2cc(CBr)c(CBr)cc2C1. The maximum atomic E-state index is 12.4. The van der Waals surface area contributed by atoms with Gasteiger partial charge < -0.3 is 10.1 Å². The van der Waals surface area contributed by atoms with E-state index in [1.165, 1.54) is 18.1 Å². The van der Waals surface area contributed by atoms with Crippen LogP contribution in [0.2, 0.25) is 0 Å². The third-order valence-corrected chi connectivity index (χ3v) is 5.08. The van der Waals surface area contributed by atoms with Crippen molar-refractivity contribution in [1.82, 2.24) is 5.32 Å². The molecule has 0 saturated heterocycles. The summed E-state index contributed by atoms with van der Waals surface area (Å²) in [5.41, 5.74) is 3.61. The van der Waals surface area contributed by atoms with Crippen LogP contribution in [0.5, 0.6) is 0 Å². The largest absolute Gasteiger partial charge is 0.464 e. The molecular formula is C16H19Br2NO3. The highest BCUT2D eigenvalue weighted by molar-refractivity contribution is 9.09. The third-order valence-electron chi connectivity index (χ3n) is 3.88. The lowest BCUT2D eigenvalue weighted by Crippen LogP contribution is -2.55. The molecule has 0 radical (unpaired) electrons. The zero-order valence-electron chi connectivity index (χ0n) is 12.7. The van der Waals surface area contributed by atoms with Crippen LogP contribution in [0.3, 0.4) is 0 Å². The number of esters is 1. The van der Waals surface area contributed by atoms with Crippen LogP contribution < -0.4 is 5.32 Å². The molecule has 0 atom stereocenters. The fraction of sp³-hybridized carbons (Fsp3) is 0.500. The zero-order chi connectivity index (χ0) is 16.3. The van der Waals surface area contributed by atoms with E-state index in [2.05, 4.69) is 49.3 Å². The van der Waals surface area contributed by atoms with Crippen molar-refractivity contribution >= 4 is 43.7 Å². The molecule has 0 bridgehead atoms. The van der Waals surface area contributed by atoms with E-state index in [1.807, 2.05) is 0 Å². The molecule has 1 aromatic rings. The fourth-order valence-corrected chi connectivity index (χ4v) is 4.02. The van der Waals surface area contributed by atoms with Gasteiger partial charge in [0.1, 0.15) is 5.54 Å². The van der Waals surface area contributed by atoms with Gasteiger partial charge in [0.05, 0.1) is 6.61 Å². The second kappa shape index (κ2) is 7.13. The first kappa shape index (κ1) is 17.5. The van der Waals surface area contributed by atoms with Crippen LogP contribution in [0.15, 0.2) is 12.1 Å². The van der Waals surface area contributed by atoms with Crippen molar-refractivity contribution in [3.8, 4) is 0 Å². The molecule has 0 unspecified atom stereocenters. The van der Waals surface area contributed by atoms with Gasteiger partial charge in [-0.15, -0.1) is 0 Å². The molecule has 0 saturated carbocycles. The summed E-state index contributed by atoms with van der Waals surface area (Å²) in [5, 5.41) is 4.34. The van der Waals surface area contributed by atoms with Crippen LogP contribution in [-0.4, -0.2) is 24.0 Å². The highest BCUT2D eigenvalue weighted by Gasteiger charge is 2.46. The van der Waals surface area contributed by atoms with Gasteiger partial charge in [0.25, 0.3) is 0 Å². The number of ether oxygens (including phenoxy) is 1. The van der Waals surface area contributed by atoms with Crippen molar-refractivity contribution in [2.75, 3.05) is 6.61 Å². The lowest BCUT2D eigenvalue weighted by Gasteiger charge is -2.27. The summed E-state index contributed by atoms with van der Waals surface area (Å²) in [6, 6.07) is 4.23. The first-order valence-corrected chi connectivity index (χ1v) is 9.41. The zero-order valence-corrected chi connectivity index (χ0v) is 15.8. The predicted octanol–water partition coefficient (Wildman–Crippen LogP) is 3.01. The maximum absolute atomic E-state index is 12.4. The minimum Gasteiger partial charge on any atom is -0.464 e. The van der Waals surface area contributed by atoms with Crippen molar-refractivity contribution in [3.63, 3.8) is 0 Å². The van der Waals surface area contributed by atoms with Gasteiger partial charge in [0, 0.05) is 30.4 Å². The lowest BCUT2D eigenvalue weighted by atomic mass is 9.95. The molecular weight excluding hydrogens is 414 g/mol. The van der Waals surface area contributed by atoms with Crippen LogP contribution in [0.25, 0.3) is 0 Å². The van der Waals surface area contributed by atoms with Gasteiger partial charge in [0.15, 0.2) is 0 Å². The van der Waals surface area contributed by atoms with Crippen molar-refractivity contribution in [3.05, 3.63) is 34.4 Å². The number of alkyl halides is 2. The average molecular weight is 433 g/mol. The molecule has 1 N–H and O–H groups in total. The molecule has 1 aromatic carbocycles. The summed E-state index contributed by atoms with van der Waals surface area (Å²) in [6.07, 6.45) is 0.951. The van der Waals surface area contributed by atoms with E-state index >= 15 is 0 Å². The van der Waals surface area contributed by atoms with E-state index in [1.54, 1.807) is 6.92 Å². The standard InChI is InChI=1S/C16H19Br2NO3/c1-3-22-15(21)16(19-10(2)20)6-11-4-13(8-17)14(9-18)5-12(11)7-16/h4-5H,3,6-9H2,1-2H3,(H,19,20). The normalized spacial score (nSPS) is 15.3. The minimum atomic E-state index is -0.974. The van der Waals surface area contributed by atoms with Crippen LogP contribution in [0.1, 0.15) is 36.1 Å². The summed E-state index contributed by atoms with van der Waals surface area (Å²) in [7, 11) is 0. The second-order valence-corrected chi connectivity index (χ2v) is 6.62. The molecule has 6 heteroatoms. The molecule has 0 aromatic heterocycles. The van der Waals surface area contributed by atoms with Gasteiger partial charge in [-0.2, -0.15) is 0 Å². The Labute approximate surface area is 147 Å². The Balaban J connectivity index is 2.40. The molecule has 0 aliphatic heterocycles. The average Bonchev–Trinajstić information content (AvgIpc) is 2.83. The van der Waals surface area contributed by atoms with E-state index in [-0.39, 0.29) is 11.9 Å². The summed E-state index contributed by atoms with van der Waals surface area (Å²) in [6.45, 7) is 3.50. The van der Waals surface area contributed by atoms with E-state index in [0.29, 0.717) is 19.4 Å². The Hall–Kier alpha value is -0.880. The number of hydrogen-bond donors (Lipinski definition) is 1. The number of halogens is 2. The Morgan fingerprint density at radius 1 is 1.18 bits per heavy atom. The number of carbonyl (C=O) groups excluding carboxylic acids is 2. The van der Waals surface area contributed by atoms with Gasteiger partial charge in [-0.3, -0.25) is 4.79 Å². The van der Waals surface area contributed by atoms with Crippen molar-refractivity contribution in [2.45, 2.75) is 42.9 Å². The lowest BCUT2D eigenvalue weighted by molar-refractivity contribution is -0.152. The number of carbonyl (C=O) groups is 2. The maximum Gasteiger partial charge on any atom is 0.332 e. The molecule has 1 aliphatic rings. The van der Waals surface area contributed by atoms with Crippen molar-refractivity contribution < 1.29 is 14.3 Å². The fourth-order valence-electron chi connectivity index (χ4n) is 2.97. The first-order valence-electron chi connectivity index (χ1n) is 7.17. The monoisotopic (exact) mass is 431 g/mol. The highest BCUT2D eigenvalue weighted by Crippen LogP contribution is 2.34. The van der Waals surface area contributed by atoms with E-state index in [4.69, 9.17) is 4.74 Å². The van der Waals surface area contributed by atoms with E-state index in [0.717, 1.165) is 21.8 Å². The van der Waals surface area contributed by atoms with Crippen molar-refractivity contribution in [1.29, 1.82) is 0 Å². The van der Waals surface area contributed by atoms with Crippen LogP contribution in [0, 0.1) is 0 Å². The molecule has 0 spiro atoms. The smallest absolute Gasteiger partial charge is 0.332 e. The van der Waals surface area contributed by atoms with E-state index < -0.39 is 5.54 Å². The number of rotatable bonds is 5. The van der Waals surface area contributed by atoms with Gasteiger partial charge in [-0.25, -0.2) is 4.79 Å². The molecule has 1 aliphatic carbocycles. The molecule has 120 valence electrons. The first-order chi connectivity index (χ1) is 10.5. The Morgan fingerprint density at radius 2 is 1.68 bits per heavy atom. The van der Waals surface area contributed by atoms with Crippen LogP contribution in [0.4, 0.5) is 0 Å². The van der Waals surface area contributed by atoms with Gasteiger partial charge >= 0.3 is 5.97 Å². The molecule has 4 nitrogen and oxygen atoms in total. The molecule has 1 amide bonds. The Kier molecular flexibility index (Phi) is 5.66. The molecule has 2 rings (SSSR count). The minimum absolute atomic E-state index is 0.220. The third kappa shape index (κ3) is 3.38. The number of amides is 1. The predicted molar refractivity (Wildman–Crippen MR) is 92.3 cm³/mol. The Bertz CT molecular complexity index is 568. The number of nitrogens with one attached hydrogen (secondary N) is 1. The summed E-state index contributed by atoms with van der Waals surface area (Å²) >= 11 is 7.00. The van der Waals surface area contributed by atoms with Crippen molar-refractivity contribution in [2.24, 2.45) is 0 Å². The summed E-state index contributed by atoms with van der Waals surface area (Å²) in [5.74, 6) is -0.579. The molecule has 0 heterocycles. The van der Waals surface area contributed by atoms with Crippen LogP contribution >= 0.6 is 31.9 Å². The van der Waals surface area contributed by atoms with E-state index in [9.17, 15) is 9.59 Å². The quantitative estimate of drug-likeness (QED) is 0.574. The topological polar surface area (TPSA) is 55.4 Å². The van der Waals surface area contributed by atoms with Gasteiger partial charge in [-0.1, -0.05) is 44.0 Å². The number of hydrogen-bond acceptors (Lipinski definition) is 3. The summed E-state index contributed by atoms with van der Waals surface area (Å²) < 4.78 is 5.20. The summed E-state index contributed by atoms with van der Waals surface area (Å²) in [4.78, 5) is 24.0. The van der Waals surface area contributed by atoms with Gasteiger partial charge in [0.2, 0.25) is 5.91 Å². The molecule has 0 fully saturated rings. The van der Waals surface area contributed by atoms with Gasteiger partial charge in [-0.05, 0) is 29.2 Å². The number of fused-ring (bicyclic) bond motifs is 1. The highest BCUT2D eigenvalue weighted by atomic mass is 79.9.